The van der Waals surface area contributed by atoms with E-state index in [1.165, 1.54) is 16.7 Å². The van der Waals surface area contributed by atoms with E-state index in [4.69, 9.17) is 12.2 Å². The van der Waals surface area contributed by atoms with Crippen molar-refractivity contribution in [3.05, 3.63) is 71.3 Å². The molecule has 2 aromatic rings. The fraction of sp³-hybridized carbons (Fsp3) is 0.316. The fourth-order valence-corrected chi connectivity index (χ4v) is 3.22. The van der Waals surface area contributed by atoms with E-state index < -0.39 is 0 Å². The standard InChI is InChI=1S/C19H24N2S/c1-4-15-10-12-17(13-11-15)19(2,21-14-22)18(20-3)16-8-6-5-7-9-16/h5-14,18,20H,4H2,1-3H3,(H,21,22). The third kappa shape index (κ3) is 3.37. The van der Waals surface area contributed by atoms with Gasteiger partial charge >= 0.3 is 0 Å². The van der Waals surface area contributed by atoms with Gasteiger partial charge in [-0.2, -0.15) is 0 Å². The van der Waals surface area contributed by atoms with Crippen LogP contribution in [0.4, 0.5) is 0 Å². The molecule has 116 valence electrons. The molecule has 2 N–H and O–H groups in total. The number of likely N-dealkylation sites (N-methyl/N-ethyl adjacent to an activating group) is 1. The van der Waals surface area contributed by atoms with Crippen LogP contribution in [0.2, 0.25) is 0 Å². The number of hydrogen-bond acceptors (Lipinski definition) is 2. The lowest BCUT2D eigenvalue weighted by atomic mass is 9.80. The summed E-state index contributed by atoms with van der Waals surface area (Å²) in [6.45, 7) is 4.36. The molecule has 3 heteroatoms. The maximum Gasteiger partial charge on any atom is 0.0793 e. The number of rotatable bonds is 7. The maximum atomic E-state index is 5.10. The average molecular weight is 312 g/mol. The number of thiocarbonyl (C=S) groups is 1. The summed E-state index contributed by atoms with van der Waals surface area (Å²) in [5.41, 5.74) is 5.09. The first-order valence-corrected chi connectivity index (χ1v) is 8.15. The Labute approximate surface area is 139 Å². The van der Waals surface area contributed by atoms with Gasteiger partial charge in [0.1, 0.15) is 0 Å². The summed E-state index contributed by atoms with van der Waals surface area (Å²) in [7, 11) is 1.99. The molecule has 2 atom stereocenters. The molecule has 0 saturated heterocycles. The second-order valence-electron chi connectivity index (χ2n) is 5.65. The molecule has 0 heterocycles. The minimum atomic E-state index is -0.315. The van der Waals surface area contributed by atoms with Crippen molar-refractivity contribution in [1.29, 1.82) is 0 Å². The van der Waals surface area contributed by atoms with E-state index in [1.807, 2.05) is 13.1 Å². The van der Waals surface area contributed by atoms with E-state index in [9.17, 15) is 0 Å². The molecule has 0 saturated carbocycles. The Morgan fingerprint density at radius 3 is 2.23 bits per heavy atom. The van der Waals surface area contributed by atoms with Gasteiger partial charge in [-0.25, -0.2) is 0 Å². The van der Waals surface area contributed by atoms with E-state index in [2.05, 4.69) is 73.0 Å². The molecule has 0 aliphatic heterocycles. The summed E-state index contributed by atoms with van der Waals surface area (Å²) in [5, 5.41) is 6.83. The highest BCUT2D eigenvalue weighted by atomic mass is 32.1. The van der Waals surface area contributed by atoms with Gasteiger partial charge in [0.15, 0.2) is 0 Å². The van der Waals surface area contributed by atoms with Crippen molar-refractivity contribution in [2.75, 3.05) is 7.05 Å². The summed E-state index contributed by atoms with van der Waals surface area (Å²) in [6, 6.07) is 19.3. The van der Waals surface area contributed by atoms with Crippen LogP contribution in [0, 0.1) is 0 Å². The van der Waals surface area contributed by atoms with Crippen LogP contribution < -0.4 is 10.6 Å². The molecule has 0 fully saturated rings. The van der Waals surface area contributed by atoms with Gasteiger partial charge in [0.25, 0.3) is 0 Å². The molecule has 0 bridgehead atoms. The van der Waals surface area contributed by atoms with Gasteiger partial charge in [0.05, 0.1) is 17.1 Å². The molecule has 0 aliphatic carbocycles. The molecule has 0 amide bonds. The fourth-order valence-electron chi connectivity index (χ4n) is 2.98. The van der Waals surface area contributed by atoms with Crippen molar-refractivity contribution in [3.63, 3.8) is 0 Å². The topological polar surface area (TPSA) is 24.1 Å². The molecule has 0 aromatic heterocycles. The van der Waals surface area contributed by atoms with Gasteiger partial charge in [-0.1, -0.05) is 73.7 Å². The SMILES string of the molecule is CCc1ccc(C(C)(NC=S)C(NC)c2ccccc2)cc1. The zero-order chi connectivity index (χ0) is 16.0. The van der Waals surface area contributed by atoms with Gasteiger partial charge < -0.3 is 10.6 Å². The van der Waals surface area contributed by atoms with Crippen LogP contribution >= 0.6 is 12.2 Å². The average Bonchev–Trinajstić information content (AvgIpc) is 2.57. The number of benzene rings is 2. The van der Waals surface area contributed by atoms with Crippen molar-refractivity contribution in [1.82, 2.24) is 10.6 Å². The summed E-state index contributed by atoms with van der Waals surface area (Å²) in [4.78, 5) is 0. The first-order chi connectivity index (χ1) is 10.7. The zero-order valence-electron chi connectivity index (χ0n) is 13.5. The van der Waals surface area contributed by atoms with Gasteiger partial charge in [-0.3, -0.25) is 0 Å². The Hall–Kier alpha value is -1.71. The molecule has 2 rings (SSSR count). The van der Waals surface area contributed by atoms with Gasteiger partial charge in [0.2, 0.25) is 0 Å². The summed E-state index contributed by atoms with van der Waals surface area (Å²) in [5.74, 6) is 0. The minimum absolute atomic E-state index is 0.111. The normalized spacial score (nSPS) is 14.9. The van der Waals surface area contributed by atoms with E-state index in [0.29, 0.717) is 0 Å². The first kappa shape index (κ1) is 16.7. The van der Waals surface area contributed by atoms with Crippen LogP contribution in [0.15, 0.2) is 54.6 Å². The zero-order valence-corrected chi connectivity index (χ0v) is 14.3. The van der Waals surface area contributed by atoms with Crippen LogP contribution in [-0.2, 0) is 12.0 Å². The molecule has 2 unspecified atom stereocenters. The van der Waals surface area contributed by atoms with Crippen molar-refractivity contribution < 1.29 is 0 Å². The number of nitrogens with one attached hydrogen (secondary N) is 2. The molecule has 2 aromatic carbocycles. The second kappa shape index (κ2) is 7.52. The van der Waals surface area contributed by atoms with E-state index >= 15 is 0 Å². The van der Waals surface area contributed by atoms with Crippen LogP contribution in [0.5, 0.6) is 0 Å². The molecule has 2 nitrogen and oxygen atoms in total. The smallest absolute Gasteiger partial charge is 0.0793 e. The summed E-state index contributed by atoms with van der Waals surface area (Å²) in [6.07, 6.45) is 1.05. The Balaban J connectivity index is 2.46. The minimum Gasteiger partial charge on any atom is -0.371 e. The predicted octanol–water partition coefficient (Wildman–Crippen LogP) is 3.97. The van der Waals surface area contributed by atoms with Crippen LogP contribution in [0.3, 0.4) is 0 Å². The van der Waals surface area contributed by atoms with Crippen molar-refractivity contribution in [3.8, 4) is 0 Å². The monoisotopic (exact) mass is 312 g/mol. The Kier molecular flexibility index (Phi) is 5.69. The highest BCUT2D eigenvalue weighted by molar-refractivity contribution is 7.78. The lowest BCUT2D eigenvalue weighted by molar-refractivity contribution is 0.316. The van der Waals surface area contributed by atoms with E-state index in [-0.39, 0.29) is 11.6 Å². The quantitative estimate of drug-likeness (QED) is 0.757. The molecule has 22 heavy (non-hydrogen) atoms. The second-order valence-corrected chi connectivity index (χ2v) is 5.88. The van der Waals surface area contributed by atoms with Gasteiger partial charge in [0, 0.05) is 0 Å². The van der Waals surface area contributed by atoms with Crippen molar-refractivity contribution >= 4 is 17.7 Å². The Bertz CT molecular complexity index is 595. The predicted molar refractivity (Wildman–Crippen MR) is 98.2 cm³/mol. The first-order valence-electron chi connectivity index (χ1n) is 7.68. The maximum absolute atomic E-state index is 5.10. The molecular formula is C19H24N2S. The lowest BCUT2D eigenvalue weighted by Gasteiger charge is -2.39. The van der Waals surface area contributed by atoms with Crippen LogP contribution in [0.25, 0.3) is 0 Å². The molecule has 0 aliphatic rings. The van der Waals surface area contributed by atoms with Gasteiger partial charge in [-0.15, -0.1) is 0 Å². The lowest BCUT2D eigenvalue weighted by Crippen LogP contribution is -2.48. The molecule has 0 radical (unpaired) electrons. The largest absolute Gasteiger partial charge is 0.371 e. The summed E-state index contributed by atoms with van der Waals surface area (Å²) >= 11 is 5.10. The number of hydrogen-bond donors (Lipinski definition) is 2. The summed E-state index contributed by atoms with van der Waals surface area (Å²) < 4.78 is 0. The molecular weight excluding hydrogens is 288 g/mol. The highest BCUT2D eigenvalue weighted by Crippen LogP contribution is 2.34. The van der Waals surface area contributed by atoms with E-state index in [1.54, 1.807) is 5.49 Å². The highest BCUT2D eigenvalue weighted by Gasteiger charge is 2.35. The van der Waals surface area contributed by atoms with Crippen LogP contribution in [-0.4, -0.2) is 12.5 Å². The van der Waals surface area contributed by atoms with Crippen molar-refractivity contribution in [2.24, 2.45) is 0 Å². The third-order valence-corrected chi connectivity index (χ3v) is 4.44. The van der Waals surface area contributed by atoms with Crippen molar-refractivity contribution in [2.45, 2.75) is 31.8 Å². The van der Waals surface area contributed by atoms with E-state index in [0.717, 1.165) is 6.42 Å². The molecule has 0 spiro atoms. The Morgan fingerprint density at radius 2 is 1.73 bits per heavy atom. The number of aryl methyl sites for hydroxylation is 1. The van der Waals surface area contributed by atoms with Crippen LogP contribution in [0.1, 0.15) is 36.6 Å². The Morgan fingerprint density at radius 1 is 1.09 bits per heavy atom. The van der Waals surface area contributed by atoms with Gasteiger partial charge in [-0.05, 0) is 37.1 Å². The third-order valence-electron chi connectivity index (χ3n) is 4.32.